The molecule has 2 heteroatoms. The van der Waals surface area contributed by atoms with Crippen molar-refractivity contribution >= 4 is 0 Å². The SMILES string of the molecule is CC.CCc1cnn(Cc2ccccc2)c1. The number of hydrogen-bond acceptors (Lipinski definition) is 1. The van der Waals surface area contributed by atoms with Gasteiger partial charge in [-0.2, -0.15) is 5.10 Å². The van der Waals surface area contributed by atoms with Crippen LogP contribution in [-0.2, 0) is 13.0 Å². The summed E-state index contributed by atoms with van der Waals surface area (Å²) >= 11 is 0. The topological polar surface area (TPSA) is 17.8 Å². The molecule has 1 aromatic carbocycles. The number of hydrogen-bond donors (Lipinski definition) is 0. The molecule has 0 N–H and O–H groups in total. The van der Waals surface area contributed by atoms with E-state index in [2.05, 4.69) is 42.5 Å². The molecule has 2 rings (SSSR count). The van der Waals surface area contributed by atoms with Gasteiger partial charge in [-0.15, -0.1) is 0 Å². The lowest BCUT2D eigenvalue weighted by atomic mass is 10.2. The van der Waals surface area contributed by atoms with Crippen LogP contribution in [0.4, 0.5) is 0 Å². The first-order valence-corrected chi connectivity index (χ1v) is 5.93. The standard InChI is InChI=1S/C12H14N2.C2H6/c1-2-11-8-13-14(9-11)10-12-6-4-3-5-7-12;1-2/h3-9H,2,10H2,1H3;1-2H3. The monoisotopic (exact) mass is 216 g/mol. The highest BCUT2D eigenvalue weighted by Gasteiger charge is 1.96. The Kier molecular flexibility index (Phi) is 5.34. The summed E-state index contributed by atoms with van der Waals surface area (Å²) in [5.74, 6) is 0. The quantitative estimate of drug-likeness (QED) is 0.767. The normalized spacial score (nSPS) is 9.44. The molecule has 16 heavy (non-hydrogen) atoms. The average molecular weight is 216 g/mol. The van der Waals surface area contributed by atoms with Crippen LogP contribution in [0.5, 0.6) is 0 Å². The Morgan fingerprint density at radius 2 is 1.75 bits per heavy atom. The highest BCUT2D eigenvalue weighted by molar-refractivity contribution is 5.15. The van der Waals surface area contributed by atoms with Crippen molar-refractivity contribution in [3.05, 3.63) is 53.9 Å². The lowest BCUT2D eigenvalue weighted by Gasteiger charge is -2.00. The number of benzene rings is 1. The Labute approximate surface area is 97.9 Å². The summed E-state index contributed by atoms with van der Waals surface area (Å²) < 4.78 is 1.98. The van der Waals surface area contributed by atoms with Gasteiger partial charge >= 0.3 is 0 Å². The van der Waals surface area contributed by atoms with E-state index >= 15 is 0 Å². The van der Waals surface area contributed by atoms with E-state index < -0.39 is 0 Å². The molecule has 0 bridgehead atoms. The van der Waals surface area contributed by atoms with Crippen LogP contribution in [0.2, 0.25) is 0 Å². The van der Waals surface area contributed by atoms with Crippen molar-refractivity contribution in [1.82, 2.24) is 9.78 Å². The van der Waals surface area contributed by atoms with Crippen LogP contribution in [-0.4, -0.2) is 9.78 Å². The summed E-state index contributed by atoms with van der Waals surface area (Å²) in [6.45, 7) is 7.00. The molecule has 1 heterocycles. The molecule has 0 aliphatic carbocycles. The molecule has 86 valence electrons. The minimum atomic E-state index is 0.862. The van der Waals surface area contributed by atoms with Crippen LogP contribution in [0.3, 0.4) is 0 Å². The van der Waals surface area contributed by atoms with E-state index in [0.717, 1.165) is 13.0 Å². The van der Waals surface area contributed by atoms with E-state index in [4.69, 9.17) is 0 Å². The molecule has 0 aliphatic rings. The first-order valence-electron chi connectivity index (χ1n) is 5.93. The van der Waals surface area contributed by atoms with E-state index in [-0.39, 0.29) is 0 Å². The van der Waals surface area contributed by atoms with Gasteiger partial charge in [0.2, 0.25) is 0 Å². The Balaban J connectivity index is 0.000000606. The molecule has 0 saturated carbocycles. The van der Waals surface area contributed by atoms with E-state index in [1.54, 1.807) is 0 Å². The molecule has 2 nitrogen and oxygen atoms in total. The predicted molar refractivity (Wildman–Crippen MR) is 68.5 cm³/mol. The predicted octanol–water partition coefficient (Wildman–Crippen LogP) is 3.52. The van der Waals surface area contributed by atoms with Gasteiger partial charge in [0, 0.05) is 6.20 Å². The molecule has 0 fully saturated rings. The second kappa shape index (κ2) is 6.83. The van der Waals surface area contributed by atoms with Gasteiger partial charge in [-0.25, -0.2) is 0 Å². The van der Waals surface area contributed by atoms with Gasteiger partial charge in [0.15, 0.2) is 0 Å². The van der Waals surface area contributed by atoms with E-state index in [9.17, 15) is 0 Å². The molecular formula is C14H20N2. The lowest BCUT2D eigenvalue weighted by Crippen LogP contribution is -1.99. The zero-order valence-corrected chi connectivity index (χ0v) is 10.4. The van der Waals surface area contributed by atoms with Gasteiger partial charge in [-0.3, -0.25) is 4.68 Å². The Morgan fingerprint density at radius 3 is 2.31 bits per heavy atom. The number of nitrogens with zero attached hydrogens (tertiary/aromatic N) is 2. The Morgan fingerprint density at radius 1 is 1.06 bits per heavy atom. The van der Waals surface area contributed by atoms with Crippen LogP contribution in [0.15, 0.2) is 42.7 Å². The number of rotatable bonds is 3. The maximum atomic E-state index is 4.30. The third-order valence-corrected chi connectivity index (χ3v) is 2.28. The molecule has 1 aromatic heterocycles. The molecule has 0 spiro atoms. The largest absolute Gasteiger partial charge is 0.268 e. The van der Waals surface area contributed by atoms with Crippen molar-refractivity contribution < 1.29 is 0 Å². The van der Waals surface area contributed by atoms with E-state index in [1.807, 2.05) is 30.8 Å². The first-order chi connectivity index (χ1) is 7.88. The third-order valence-electron chi connectivity index (χ3n) is 2.28. The summed E-state index contributed by atoms with van der Waals surface area (Å²) in [4.78, 5) is 0. The zero-order valence-electron chi connectivity index (χ0n) is 10.4. The first kappa shape index (κ1) is 12.5. The average Bonchev–Trinajstić information content (AvgIpc) is 2.81. The van der Waals surface area contributed by atoms with Gasteiger partial charge in [0.25, 0.3) is 0 Å². The second-order valence-electron chi connectivity index (χ2n) is 3.39. The summed E-state index contributed by atoms with van der Waals surface area (Å²) in [5.41, 5.74) is 2.58. The maximum Gasteiger partial charge on any atom is 0.0659 e. The highest BCUT2D eigenvalue weighted by atomic mass is 15.3. The van der Waals surface area contributed by atoms with Crippen molar-refractivity contribution in [3.63, 3.8) is 0 Å². The number of aryl methyl sites for hydroxylation is 1. The minimum Gasteiger partial charge on any atom is -0.268 e. The Bertz CT molecular complexity index is 390. The van der Waals surface area contributed by atoms with Crippen LogP contribution in [0.1, 0.15) is 31.9 Å². The fourth-order valence-electron chi connectivity index (χ4n) is 1.45. The summed E-state index contributed by atoms with van der Waals surface area (Å²) in [5, 5.41) is 4.30. The molecular weight excluding hydrogens is 196 g/mol. The van der Waals surface area contributed by atoms with Crippen molar-refractivity contribution in [3.8, 4) is 0 Å². The number of aromatic nitrogens is 2. The fraction of sp³-hybridized carbons (Fsp3) is 0.357. The molecule has 0 saturated heterocycles. The van der Waals surface area contributed by atoms with Crippen molar-refractivity contribution in [2.45, 2.75) is 33.7 Å². The molecule has 0 unspecified atom stereocenters. The lowest BCUT2D eigenvalue weighted by molar-refractivity contribution is 0.686. The smallest absolute Gasteiger partial charge is 0.0659 e. The Hall–Kier alpha value is -1.57. The van der Waals surface area contributed by atoms with Crippen molar-refractivity contribution in [2.24, 2.45) is 0 Å². The fourth-order valence-corrected chi connectivity index (χ4v) is 1.45. The highest BCUT2D eigenvalue weighted by Crippen LogP contribution is 2.03. The van der Waals surface area contributed by atoms with Gasteiger partial charge in [-0.1, -0.05) is 51.1 Å². The summed E-state index contributed by atoms with van der Waals surface area (Å²) in [7, 11) is 0. The molecule has 2 aromatic rings. The van der Waals surface area contributed by atoms with Crippen LogP contribution in [0.25, 0.3) is 0 Å². The molecule has 0 radical (unpaired) electrons. The van der Waals surface area contributed by atoms with Crippen LogP contribution < -0.4 is 0 Å². The van der Waals surface area contributed by atoms with Crippen LogP contribution in [0, 0.1) is 0 Å². The van der Waals surface area contributed by atoms with Crippen molar-refractivity contribution in [1.29, 1.82) is 0 Å². The third kappa shape index (κ3) is 3.54. The van der Waals surface area contributed by atoms with Gasteiger partial charge < -0.3 is 0 Å². The van der Waals surface area contributed by atoms with Gasteiger partial charge in [0.1, 0.15) is 0 Å². The molecule has 0 aliphatic heterocycles. The summed E-state index contributed by atoms with van der Waals surface area (Å²) in [6.07, 6.45) is 5.09. The van der Waals surface area contributed by atoms with Gasteiger partial charge in [0.05, 0.1) is 12.7 Å². The zero-order chi connectivity index (χ0) is 11.8. The van der Waals surface area contributed by atoms with Crippen LogP contribution >= 0.6 is 0 Å². The van der Waals surface area contributed by atoms with Gasteiger partial charge in [-0.05, 0) is 17.5 Å². The van der Waals surface area contributed by atoms with E-state index in [1.165, 1.54) is 11.1 Å². The molecule has 0 atom stereocenters. The van der Waals surface area contributed by atoms with Crippen molar-refractivity contribution in [2.75, 3.05) is 0 Å². The minimum absolute atomic E-state index is 0.862. The van der Waals surface area contributed by atoms with E-state index in [0.29, 0.717) is 0 Å². The molecule has 0 amide bonds. The summed E-state index contributed by atoms with van der Waals surface area (Å²) in [6, 6.07) is 10.4. The second-order valence-corrected chi connectivity index (χ2v) is 3.39. The maximum absolute atomic E-state index is 4.30.